The highest BCUT2D eigenvalue weighted by molar-refractivity contribution is 5.69. The Morgan fingerprint density at radius 1 is 1.00 bits per heavy atom. The average molecular weight is 329 g/mol. The molecule has 3 N–H and O–H groups in total. The molecule has 0 saturated heterocycles. The van der Waals surface area contributed by atoms with Crippen molar-refractivity contribution in [3.05, 3.63) is 0 Å². The quantitative estimate of drug-likeness (QED) is 0.719. The van der Waals surface area contributed by atoms with E-state index < -0.39 is 23.4 Å². The van der Waals surface area contributed by atoms with Crippen LogP contribution in [0, 0.1) is 0 Å². The van der Waals surface area contributed by atoms with Gasteiger partial charge in [-0.1, -0.05) is 0 Å². The molecule has 0 aromatic rings. The molecule has 3 atom stereocenters. The molecule has 0 aromatic heterocycles. The van der Waals surface area contributed by atoms with Crippen molar-refractivity contribution in [1.29, 1.82) is 0 Å². The van der Waals surface area contributed by atoms with Crippen LogP contribution < -0.4 is 16.0 Å². The molecule has 7 heteroatoms. The zero-order valence-corrected chi connectivity index (χ0v) is 15.3. The number of amides is 2. The van der Waals surface area contributed by atoms with Gasteiger partial charge in [-0.05, 0) is 54.9 Å². The number of carbonyl (C=O) groups excluding carboxylic acids is 2. The molecule has 1 saturated carbocycles. The maximum Gasteiger partial charge on any atom is 0.407 e. The maximum absolute atomic E-state index is 11.7. The predicted octanol–water partition coefficient (Wildman–Crippen LogP) is 2.15. The molecule has 0 radical (unpaired) electrons. The summed E-state index contributed by atoms with van der Waals surface area (Å²) in [6, 6.07) is 0.365. The van der Waals surface area contributed by atoms with Crippen LogP contribution in [0.15, 0.2) is 0 Å². The Morgan fingerprint density at radius 3 is 2.04 bits per heavy atom. The lowest BCUT2D eigenvalue weighted by atomic mass is 10.2. The minimum atomic E-state index is -0.500. The second-order valence-electron chi connectivity index (χ2n) is 8.05. The summed E-state index contributed by atoms with van der Waals surface area (Å²) < 4.78 is 10.4. The van der Waals surface area contributed by atoms with Gasteiger partial charge in [-0.15, -0.1) is 0 Å². The van der Waals surface area contributed by atoms with Crippen LogP contribution in [0.4, 0.5) is 9.59 Å². The first-order chi connectivity index (χ1) is 10.4. The smallest absolute Gasteiger partial charge is 0.407 e. The van der Waals surface area contributed by atoms with E-state index in [0.717, 1.165) is 6.42 Å². The monoisotopic (exact) mass is 329 g/mol. The van der Waals surface area contributed by atoms with E-state index in [9.17, 15) is 9.59 Å². The Balaban J connectivity index is 2.19. The molecule has 1 rings (SSSR count). The zero-order valence-electron chi connectivity index (χ0n) is 15.3. The lowest BCUT2D eigenvalue weighted by Crippen LogP contribution is -2.44. The molecule has 0 spiro atoms. The van der Waals surface area contributed by atoms with E-state index in [4.69, 9.17) is 9.47 Å². The predicted molar refractivity (Wildman–Crippen MR) is 88.4 cm³/mol. The third-order valence-electron chi connectivity index (χ3n) is 2.94. The molecule has 1 aliphatic rings. The van der Waals surface area contributed by atoms with Crippen molar-refractivity contribution in [2.75, 3.05) is 6.54 Å². The number of hydrogen-bond acceptors (Lipinski definition) is 5. The van der Waals surface area contributed by atoms with Crippen molar-refractivity contribution < 1.29 is 19.1 Å². The minimum Gasteiger partial charge on any atom is -0.444 e. The number of nitrogens with one attached hydrogen (secondary N) is 3. The second kappa shape index (κ2) is 7.38. The first kappa shape index (κ1) is 19.5. The molecule has 0 aliphatic heterocycles. The first-order valence-corrected chi connectivity index (χ1v) is 8.08. The normalized spacial score (nSPS) is 22.0. The Morgan fingerprint density at radius 2 is 1.52 bits per heavy atom. The highest BCUT2D eigenvalue weighted by Crippen LogP contribution is 2.22. The second-order valence-corrected chi connectivity index (χ2v) is 8.05. The molecule has 23 heavy (non-hydrogen) atoms. The van der Waals surface area contributed by atoms with Gasteiger partial charge < -0.3 is 25.4 Å². The molecule has 0 heterocycles. The highest BCUT2D eigenvalue weighted by Gasteiger charge is 2.39. The van der Waals surface area contributed by atoms with E-state index in [2.05, 4.69) is 16.0 Å². The van der Waals surface area contributed by atoms with Crippen LogP contribution in [0.1, 0.15) is 54.9 Å². The molecule has 0 bridgehead atoms. The number of rotatable bonds is 5. The van der Waals surface area contributed by atoms with Gasteiger partial charge in [0.15, 0.2) is 0 Å². The van der Waals surface area contributed by atoms with Gasteiger partial charge in [0.1, 0.15) is 11.2 Å². The van der Waals surface area contributed by atoms with Gasteiger partial charge in [-0.2, -0.15) is 0 Å². The molecule has 1 fully saturated rings. The number of carbonyl (C=O) groups is 2. The Kier molecular flexibility index (Phi) is 6.27. The summed E-state index contributed by atoms with van der Waals surface area (Å²) in [5, 5.41) is 8.90. The summed E-state index contributed by atoms with van der Waals surface area (Å²) in [4.78, 5) is 23.2. The Labute approximate surface area is 138 Å². The fraction of sp³-hybridized carbons (Fsp3) is 0.875. The highest BCUT2D eigenvalue weighted by atomic mass is 16.6. The fourth-order valence-electron chi connectivity index (χ4n) is 1.97. The van der Waals surface area contributed by atoms with Crippen LogP contribution in [0.5, 0.6) is 0 Å². The zero-order chi connectivity index (χ0) is 17.8. The summed E-state index contributed by atoms with van der Waals surface area (Å²) in [5.74, 6) is 0. The van der Waals surface area contributed by atoms with Gasteiger partial charge in [-0.25, -0.2) is 9.59 Å². The summed E-state index contributed by atoms with van der Waals surface area (Å²) in [7, 11) is 0. The van der Waals surface area contributed by atoms with Gasteiger partial charge in [0, 0.05) is 24.7 Å². The Bertz CT molecular complexity index is 426. The van der Waals surface area contributed by atoms with Gasteiger partial charge in [-0.3, -0.25) is 0 Å². The minimum absolute atomic E-state index is 0.0776. The van der Waals surface area contributed by atoms with E-state index in [0.29, 0.717) is 6.54 Å². The van der Waals surface area contributed by atoms with E-state index in [1.807, 2.05) is 48.5 Å². The molecular formula is C16H31N3O4. The Hall–Kier alpha value is -1.50. The third kappa shape index (κ3) is 9.28. The van der Waals surface area contributed by atoms with E-state index >= 15 is 0 Å². The molecule has 1 aliphatic carbocycles. The fourth-order valence-corrected chi connectivity index (χ4v) is 1.97. The van der Waals surface area contributed by atoms with Gasteiger partial charge >= 0.3 is 12.2 Å². The number of hydrogen-bond donors (Lipinski definition) is 3. The van der Waals surface area contributed by atoms with Crippen molar-refractivity contribution in [2.45, 2.75) is 84.2 Å². The average Bonchev–Trinajstić information content (AvgIpc) is 2.99. The summed E-state index contributed by atoms with van der Waals surface area (Å²) in [6.07, 6.45) is 0.0347. The number of alkyl carbamates (subject to hydrolysis) is 2. The third-order valence-corrected chi connectivity index (χ3v) is 2.94. The molecule has 134 valence electrons. The summed E-state index contributed by atoms with van der Waals surface area (Å²) in [5.41, 5.74) is -0.994. The molecular weight excluding hydrogens is 298 g/mol. The van der Waals surface area contributed by atoms with Crippen molar-refractivity contribution >= 4 is 12.2 Å². The van der Waals surface area contributed by atoms with Crippen molar-refractivity contribution in [1.82, 2.24) is 16.0 Å². The topological polar surface area (TPSA) is 88.7 Å². The lowest BCUT2D eigenvalue weighted by Gasteiger charge is -2.21. The van der Waals surface area contributed by atoms with Crippen LogP contribution in [0.2, 0.25) is 0 Å². The van der Waals surface area contributed by atoms with Gasteiger partial charge in [0.25, 0.3) is 0 Å². The van der Waals surface area contributed by atoms with Crippen LogP contribution in [0.3, 0.4) is 0 Å². The van der Waals surface area contributed by atoms with Crippen LogP contribution in [-0.4, -0.2) is 48.1 Å². The van der Waals surface area contributed by atoms with Crippen LogP contribution in [-0.2, 0) is 9.47 Å². The molecule has 3 unspecified atom stereocenters. The summed E-state index contributed by atoms with van der Waals surface area (Å²) >= 11 is 0. The van der Waals surface area contributed by atoms with Crippen LogP contribution in [0.25, 0.3) is 0 Å². The van der Waals surface area contributed by atoms with E-state index in [1.54, 1.807) is 0 Å². The first-order valence-electron chi connectivity index (χ1n) is 8.08. The van der Waals surface area contributed by atoms with E-state index in [1.165, 1.54) is 0 Å². The standard InChI is InChI=1S/C16H31N3O4/c1-10(9-17-13(20)22-15(2,3)4)18-11-8-12(11)19-14(21)23-16(5,6)7/h10-12,18H,8-9H2,1-7H3,(H,17,20)(H,19,21). The van der Waals surface area contributed by atoms with E-state index in [-0.39, 0.29) is 18.1 Å². The van der Waals surface area contributed by atoms with Gasteiger partial charge in [0.2, 0.25) is 0 Å². The SMILES string of the molecule is CC(CNC(=O)OC(C)(C)C)NC1CC1NC(=O)OC(C)(C)C. The maximum atomic E-state index is 11.7. The summed E-state index contributed by atoms with van der Waals surface area (Å²) in [6.45, 7) is 13.4. The largest absolute Gasteiger partial charge is 0.444 e. The lowest BCUT2D eigenvalue weighted by molar-refractivity contribution is 0.0515. The van der Waals surface area contributed by atoms with Crippen molar-refractivity contribution in [3.8, 4) is 0 Å². The molecule has 7 nitrogen and oxygen atoms in total. The van der Waals surface area contributed by atoms with Crippen molar-refractivity contribution in [3.63, 3.8) is 0 Å². The molecule has 0 aromatic carbocycles. The van der Waals surface area contributed by atoms with Crippen molar-refractivity contribution in [2.24, 2.45) is 0 Å². The van der Waals surface area contributed by atoms with Crippen LogP contribution >= 0.6 is 0 Å². The number of ether oxygens (including phenoxy) is 2. The van der Waals surface area contributed by atoms with Gasteiger partial charge in [0.05, 0.1) is 0 Å². The molecule has 2 amide bonds.